The van der Waals surface area contributed by atoms with Crippen molar-refractivity contribution < 1.29 is 19.6 Å². The number of nitrogens with zero attached hydrogens (tertiary/aromatic N) is 3. The van der Waals surface area contributed by atoms with Crippen molar-refractivity contribution in [1.29, 1.82) is 0 Å². The number of hydrogen-bond donors (Lipinski definition) is 3. The zero-order chi connectivity index (χ0) is 22.8. The van der Waals surface area contributed by atoms with Crippen molar-refractivity contribution in [2.45, 2.75) is 53.0 Å². The number of aryl methyl sites for hydroxylation is 2. The van der Waals surface area contributed by atoms with E-state index in [-0.39, 0.29) is 13.0 Å². The molecule has 31 heavy (non-hydrogen) atoms. The molecule has 0 unspecified atom stereocenters. The third-order valence-electron chi connectivity index (χ3n) is 5.01. The largest absolute Gasteiger partial charge is 0.286 e. The van der Waals surface area contributed by atoms with E-state index in [9.17, 15) is 19.6 Å². The monoisotopic (exact) mass is 429 g/mol. The Balaban J connectivity index is 1.91. The maximum absolute atomic E-state index is 12.4. The minimum absolute atomic E-state index is 0.129. The van der Waals surface area contributed by atoms with Gasteiger partial charge in [-0.15, -0.1) is 0 Å². The minimum atomic E-state index is -0.620. The van der Waals surface area contributed by atoms with Gasteiger partial charge in [-0.25, -0.2) is 5.06 Å². The van der Waals surface area contributed by atoms with E-state index in [0.29, 0.717) is 23.6 Å². The fraction of sp³-hybridized carbons (Fsp3) is 0.455. The molecular weight excluding hydrogens is 398 g/mol. The van der Waals surface area contributed by atoms with Crippen molar-refractivity contribution in [1.82, 2.24) is 25.7 Å². The summed E-state index contributed by atoms with van der Waals surface area (Å²) in [6.45, 7) is 6.45. The van der Waals surface area contributed by atoms with Gasteiger partial charge in [0.25, 0.3) is 5.91 Å². The summed E-state index contributed by atoms with van der Waals surface area (Å²) in [5.41, 5.74) is 8.21. The molecule has 1 aromatic heterocycles. The van der Waals surface area contributed by atoms with Crippen LogP contribution in [-0.2, 0) is 16.1 Å². The lowest BCUT2D eigenvalue weighted by atomic mass is 10.0. The lowest BCUT2D eigenvalue weighted by molar-refractivity contribution is -0.154. The molecule has 168 valence electrons. The van der Waals surface area contributed by atoms with E-state index in [4.69, 9.17) is 0 Å². The van der Waals surface area contributed by atoms with Crippen molar-refractivity contribution in [2.24, 2.45) is 5.92 Å². The number of hydroxylamine groups is 2. The smallest absolute Gasteiger partial charge is 0.269 e. The lowest BCUT2D eigenvalue weighted by Crippen LogP contribution is -2.46. The van der Waals surface area contributed by atoms with E-state index in [1.165, 1.54) is 0 Å². The van der Waals surface area contributed by atoms with Gasteiger partial charge in [-0.3, -0.25) is 35.1 Å². The van der Waals surface area contributed by atoms with E-state index >= 15 is 0 Å². The first-order valence-corrected chi connectivity index (χ1v) is 10.4. The number of unbranched alkanes of at least 4 members (excludes halogenated alkanes) is 2. The number of hydrogen-bond acceptors (Lipinski definition) is 5. The van der Waals surface area contributed by atoms with Crippen molar-refractivity contribution in [3.63, 3.8) is 0 Å². The topological polar surface area (TPSA) is 117 Å². The van der Waals surface area contributed by atoms with Crippen molar-refractivity contribution in [3.8, 4) is 0 Å². The third-order valence-corrected chi connectivity index (χ3v) is 5.01. The Bertz CT molecular complexity index is 879. The SMILES string of the molecule is CCCCC[C@H](CN(O)C=O)C(=O)NNC(=O)c1ccc(Cn2nc(C)cc2C)cc1. The number of carbonyl (C=O) groups excluding carboxylic acids is 3. The molecule has 0 saturated heterocycles. The van der Waals surface area contributed by atoms with Crippen molar-refractivity contribution >= 4 is 18.2 Å². The Kier molecular flexibility index (Phi) is 9.20. The molecule has 2 rings (SSSR count). The van der Waals surface area contributed by atoms with E-state index < -0.39 is 17.7 Å². The summed E-state index contributed by atoms with van der Waals surface area (Å²) >= 11 is 0. The number of rotatable bonds is 11. The molecule has 2 aromatic rings. The Morgan fingerprint density at radius 3 is 2.48 bits per heavy atom. The molecule has 0 aliphatic rings. The summed E-state index contributed by atoms with van der Waals surface area (Å²) in [6.07, 6.45) is 3.46. The van der Waals surface area contributed by atoms with Gasteiger partial charge >= 0.3 is 0 Å². The van der Waals surface area contributed by atoms with Crippen LogP contribution in [0, 0.1) is 19.8 Å². The first-order chi connectivity index (χ1) is 14.8. The zero-order valence-corrected chi connectivity index (χ0v) is 18.3. The highest BCUT2D eigenvalue weighted by atomic mass is 16.5. The average molecular weight is 430 g/mol. The molecule has 1 heterocycles. The van der Waals surface area contributed by atoms with Crippen LogP contribution in [0.1, 0.15) is 59.9 Å². The molecule has 0 aliphatic heterocycles. The first-order valence-electron chi connectivity index (χ1n) is 10.4. The van der Waals surface area contributed by atoms with Gasteiger partial charge in [-0.1, -0.05) is 38.3 Å². The van der Waals surface area contributed by atoms with Crippen LogP contribution in [0.2, 0.25) is 0 Å². The summed E-state index contributed by atoms with van der Waals surface area (Å²) in [5.74, 6) is -1.52. The zero-order valence-electron chi connectivity index (χ0n) is 18.3. The number of carbonyl (C=O) groups is 3. The highest BCUT2D eigenvalue weighted by molar-refractivity contribution is 5.95. The van der Waals surface area contributed by atoms with Gasteiger partial charge < -0.3 is 0 Å². The number of nitrogens with one attached hydrogen (secondary N) is 2. The summed E-state index contributed by atoms with van der Waals surface area (Å²) in [7, 11) is 0. The lowest BCUT2D eigenvalue weighted by Gasteiger charge is -2.19. The predicted octanol–water partition coefficient (Wildman–Crippen LogP) is 2.35. The van der Waals surface area contributed by atoms with Gasteiger partial charge in [-0.05, 0) is 44.0 Å². The fourth-order valence-corrected chi connectivity index (χ4v) is 3.28. The normalized spacial score (nSPS) is 11.6. The molecule has 1 atom stereocenters. The average Bonchev–Trinajstić information content (AvgIpc) is 3.07. The van der Waals surface area contributed by atoms with Crippen LogP contribution in [0.5, 0.6) is 0 Å². The van der Waals surface area contributed by atoms with Crippen LogP contribution in [0.25, 0.3) is 0 Å². The van der Waals surface area contributed by atoms with E-state index in [1.807, 2.05) is 43.7 Å². The van der Waals surface area contributed by atoms with Crippen LogP contribution in [-0.4, -0.2) is 44.8 Å². The Hall–Kier alpha value is -3.20. The predicted molar refractivity (Wildman–Crippen MR) is 115 cm³/mol. The summed E-state index contributed by atoms with van der Waals surface area (Å²) in [4.78, 5) is 35.5. The molecule has 3 amide bonds. The Morgan fingerprint density at radius 2 is 1.90 bits per heavy atom. The highest BCUT2D eigenvalue weighted by Crippen LogP contribution is 2.12. The van der Waals surface area contributed by atoms with Gasteiger partial charge in [0.2, 0.25) is 12.3 Å². The third kappa shape index (κ3) is 7.53. The second-order valence-electron chi connectivity index (χ2n) is 7.65. The van der Waals surface area contributed by atoms with E-state index in [2.05, 4.69) is 16.0 Å². The van der Waals surface area contributed by atoms with Gasteiger partial charge in [0.15, 0.2) is 0 Å². The fourth-order valence-electron chi connectivity index (χ4n) is 3.28. The number of benzene rings is 1. The van der Waals surface area contributed by atoms with Crippen molar-refractivity contribution in [3.05, 3.63) is 52.8 Å². The molecule has 0 bridgehead atoms. The molecule has 0 fully saturated rings. The number of aromatic nitrogens is 2. The number of amides is 3. The maximum atomic E-state index is 12.4. The van der Waals surface area contributed by atoms with Crippen LogP contribution < -0.4 is 10.9 Å². The molecule has 1 aromatic carbocycles. The molecular formula is C22H31N5O4. The van der Waals surface area contributed by atoms with Gasteiger partial charge in [-0.2, -0.15) is 5.10 Å². The molecule has 3 N–H and O–H groups in total. The van der Waals surface area contributed by atoms with Crippen LogP contribution >= 0.6 is 0 Å². The van der Waals surface area contributed by atoms with Gasteiger partial charge in [0.05, 0.1) is 24.7 Å². The first kappa shape index (κ1) is 24.1. The summed E-state index contributed by atoms with van der Waals surface area (Å²) < 4.78 is 1.90. The number of hydrazine groups is 1. The van der Waals surface area contributed by atoms with Gasteiger partial charge in [0, 0.05) is 11.3 Å². The molecule has 0 saturated carbocycles. The maximum Gasteiger partial charge on any atom is 0.269 e. The molecule has 0 radical (unpaired) electrons. The molecule has 9 nitrogen and oxygen atoms in total. The van der Waals surface area contributed by atoms with E-state index in [0.717, 1.165) is 36.2 Å². The van der Waals surface area contributed by atoms with Crippen molar-refractivity contribution in [2.75, 3.05) is 6.54 Å². The second kappa shape index (κ2) is 11.8. The van der Waals surface area contributed by atoms with Crippen LogP contribution in [0.4, 0.5) is 0 Å². The Labute approximate surface area is 182 Å². The van der Waals surface area contributed by atoms with Crippen LogP contribution in [0.15, 0.2) is 30.3 Å². The highest BCUT2D eigenvalue weighted by Gasteiger charge is 2.21. The Morgan fingerprint density at radius 1 is 1.19 bits per heavy atom. The summed E-state index contributed by atoms with van der Waals surface area (Å²) in [5, 5.41) is 14.3. The summed E-state index contributed by atoms with van der Waals surface area (Å²) in [6, 6.07) is 9.06. The molecule has 0 aliphatic carbocycles. The minimum Gasteiger partial charge on any atom is -0.286 e. The molecule has 0 spiro atoms. The van der Waals surface area contributed by atoms with E-state index in [1.54, 1.807) is 12.1 Å². The second-order valence-corrected chi connectivity index (χ2v) is 7.65. The molecule has 9 heteroatoms. The quantitative estimate of drug-likeness (QED) is 0.219. The standard InChI is InChI=1S/C22H31N5O4/c1-4-5-6-7-20(14-26(31)15-28)22(30)24-23-21(29)19-10-8-18(9-11-19)13-27-17(3)12-16(2)25-27/h8-12,15,20,31H,4-7,13-14H2,1-3H3,(H,23,29)(H,24,30)/t20-/m1/s1. The van der Waals surface area contributed by atoms with Crippen LogP contribution in [0.3, 0.4) is 0 Å². The van der Waals surface area contributed by atoms with Gasteiger partial charge in [0.1, 0.15) is 0 Å².